The molecule has 0 N–H and O–H groups in total. The number of carbonyl (C=O) groups excluding carboxylic acids is 12. The van der Waals surface area contributed by atoms with Crippen LogP contribution in [0.2, 0.25) is 0 Å². The first-order valence-corrected chi connectivity index (χ1v) is 36.4. The summed E-state index contributed by atoms with van der Waals surface area (Å²) in [7, 11) is 0. The lowest BCUT2D eigenvalue weighted by Gasteiger charge is -2.54. The van der Waals surface area contributed by atoms with E-state index in [-0.39, 0.29) is 157 Å². The van der Waals surface area contributed by atoms with Crippen LogP contribution in [0.4, 0.5) is 0 Å². The highest BCUT2D eigenvalue weighted by Gasteiger charge is 2.69. The van der Waals surface area contributed by atoms with Crippen LogP contribution in [0.5, 0.6) is 23.0 Å². The van der Waals surface area contributed by atoms with E-state index in [4.69, 9.17) is 18.9 Å². The summed E-state index contributed by atoms with van der Waals surface area (Å²) >= 11 is 0. The number of carbonyl (C=O) groups is 12. The predicted octanol–water partition coefficient (Wildman–Crippen LogP) is 12.2. The van der Waals surface area contributed by atoms with E-state index in [1.54, 1.807) is 97.1 Å². The molecule has 0 saturated heterocycles. The molecular weight excluding hydrogens is 1360 g/mol. The van der Waals surface area contributed by atoms with Gasteiger partial charge in [0.1, 0.15) is 23.0 Å². The van der Waals surface area contributed by atoms with Gasteiger partial charge in [-0.2, -0.15) is 0 Å². The van der Waals surface area contributed by atoms with Crippen LogP contribution in [0.3, 0.4) is 0 Å². The highest BCUT2D eigenvalue weighted by atomic mass is 16.6. The van der Waals surface area contributed by atoms with E-state index in [2.05, 4.69) is 0 Å². The minimum absolute atomic E-state index is 0.0167. The summed E-state index contributed by atoms with van der Waals surface area (Å²) in [5, 5.41) is 0. The molecule has 0 amide bonds. The zero-order valence-corrected chi connectivity index (χ0v) is 57.3. The Morgan fingerprint density at radius 3 is 0.435 bits per heavy atom. The van der Waals surface area contributed by atoms with Gasteiger partial charge in [0.25, 0.3) is 0 Å². The lowest BCUT2D eigenvalue weighted by Crippen LogP contribution is -2.51. The number of allylic oxidation sites excluding steroid dienone is 16. The summed E-state index contributed by atoms with van der Waals surface area (Å²) in [5.41, 5.74) is 8.05. The zero-order valence-electron chi connectivity index (χ0n) is 57.3. The molecule has 0 saturated carbocycles. The van der Waals surface area contributed by atoms with E-state index in [1.807, 2.05) is 48.5 Å². The van der Waals surface area contributed by atoms with Gasteiger partial charge in [0.15, 0.2) is 46.3 Å². The van der Waals surface area contributed by atoms with Gasteiger partial charge in [0.05, 0.1) is 0 Å². The molecule has 0 aromatic heterocycles. The van der Waals surface area contributed by atoms with Crippen molar-refractivity contribution in [2.24, 2.45) is 0 Å². The first kappa shape index (κ1) is 59.2. The fourth-order valence-electron chi connectivity index (χ4n) is 24.3. The number of esters is 4. The number of rotatable bonds is 4. The average Bonchev–Trinajstić information content (AvgIpc) is 0.650. The average molecular weight is 1410 g/mol. The van der Waals surface area contributed by atoms with Crippen LogP contribution in [-0.2, 0) is 57.5 Å². The van der Waals surface area contributed by atoms with E-state index in [0.717, 1.165) is 0 Å². The Morgan fingerprint density at radius 1 is 0.185 bits per heavy atom. The molecule has 8 atom stereocenters. The Bertz CT molecular complexity index is 5950. The predicted molar refractivity (Wildman–Crippen MR) is 379 cm³/mol. The quantitative estimate of drug-likeness (QED) is 0.0903. The first-order chi connectivity index (χ1) is 52.4. The molecule has 30 rings (SSSR count). The van der Waals surface area contributed by atoms with Crippen LogP contribution in [0.1, 0.15) is 210 Å². The van der Waals surface area contributed by atoms with Crippen LogP contribution >= 0.6 is 0 Å². The summed E-state index contributed by atoms with van der Waals surface area (Å²) in [6.07, 6.45) is 0. The van der Waals surface area contributed by atoms with Crippen molar-refractivity contribution in [1.82, 2.24) is 0 Å². The molecule has 8 unspecified atom stereocenters. The third-order valence-corrected chi connectivity index (χ3v) is 27.0. The fraction of sp³-hybridized carbons (Fsp3) is 0.174. The van der Waals surface area contributed by atoms with Gasteiger partial charge in [-0.3, -0.25) is 57.5 Å². The number of ether oxygens (including phenoxy) is 4. The third-order valence-electron chi connectivity index (χ3n) is 27.0. The molecule has 0 fully saturated rings. The van der Waals surface area contributed by atoms with E-state index >= 15 is 38.4 Å². The summed E-state index contributed by atoms with van der Waals surface area (Å²) in [4.78, 5) is 197. The molecule has 16 heteroatoms. The van der Waals surface area contributed by atoms with Gasteiger partial charge in [-0.1, -0.05) is 146 Å². The Hall–Kier alpha value is -13.1. The normalized spacial score (nSPS) is 27.1. The largest absolute Gasteiger partial charge is 0.426 e. The lowest BCUT2D eigenvalue weighted by molar-refractivity contribution is -0.133. The Labute approximate surface area is 611 Å². The Kier molecular flexibility index (Phi) is 10.4. The van der Waals surface area contributed by atoms with Crippen molar-refractivity contribution in [2.75, 3.05) is 0 Å². The van der Waals surface area contributed by atoms with Crippen molar-refractivity contribution in [3.63, 3.8) is 0 Å². The molecule has 0 radical (unpaired) electrons. The molecule has 512 valence electrons. The molecule has 22 aliphatic rings. The van der Waals surface area contributed by atoms with Crippen LogP contribution < -0.4 is 18.9 Å². The van der Waals surface area contributed by atoms with Gasteiger partial charge < -0.3 is 18.9 Å². The lowest BCUT2D eigenvalue weighted by atomic mass is 9.45. The molecule has 8 aromatic carbocycles. The molecule has 0 spiro atoms. The molecule has 22 aliphatic carbocycles. The number of hydrogen-bond donors (Lipinski definition) is 0. The minimum Gasteiger partial charge on any atom is -0.426 e. The van der Waals surface area contributed by atoms with Crippen molar-refractivity contribution in [1.29, 1.82) is 0 Å². The molecule has 0 heterocycles. The van der Waals surface area contributed by atoms with E-state index in [9.17, 15) is 19.2 Å². The van der Waals surface area contributed by atoms with Crippen molar-refractivity contribution in [3.8, 4) is 23.0 Å². The SMILES string of the molecule is CC(=O)Oc1c2c3c(OC(C)=O)c4c1C1c5ccccc5C4c4c(OC(C)=O)c5c(c(OC(C)=O)c41)C1C4=C(C(=O)C6=C(C4=O)C4C7=C(C(=O)C8=C(C7=O)C7C9=C(C(=O)C%10=C(C9=O)C9C%11=C(C(=O)C%12=C(C%11=O)C2c2ccccc2C%123)C%10c2ccccc29)C8c2ccccc27)C6c2ccccc24)C5c2ccccc21. The van der Waals surface area contributed by atoms with Crippen LogP contribution in [0.15, 0.2) is 235 Å². The smallest absolute Gasteiger partial charge is 0.308 e. The fourth-order valence-corrected chi connectivity index (χ4v) is 24.3. The standard InChI is InChI=1S/C92H48O16/c1-29(93)105-89-73-51-39-23-11-12-24-40(39)52-70-69(51)85(101)65-47-35-19-7-8-20-36(35)48(66(65)86(70)102)62-61(47)81(97)57-45-33-17-5-6-18-34(33)46(58(57)82(62)98)60-59(45)83(99)63-49-37-21-9-10-22-38(37)50(64(63)84(60)100)68-67(49)87(103)71-53-41-25-13-14-26-42(41)54(72(71)88(68)104)76-75(53)91(107-31(3)95)79-55-43-27-15-16-28-44(43)56(80(79)92(76)108-32(4)96)78(77(55)89)90(74(52)73)106-30(2)94/h5-28,45-56H,1-4H3. The van der Waals surface area contributed by atoms with Gasteiger partial charge >= 0.3 is 23.9 Å². The summed E-state index contributed by atoms with van der Waals surface area (Å²) in [5.74, 6) is -24.1. The summed E-state index contributed by atoms with van der Waals surface area (Å²) in [6, 6.07) is 43.3. The van der Waals surface area contributed by atoms with Crippen molar-refractivity contribution >= 4 is 70.1 Å². The highest BCUT2D eigenvalue weighted by Crippen LogP contribution is 2.77. The third kappa shape index (κ3) is 6.16. The minimum atomic E-state index is -1.35. The van der Waals surface area contributed by atoms with Crippen molar-refractivity contribution in [3.05, 3.63) is 346 Å². The maximum Gasteiger partial charge on any atom is 0.308 e. The van der Waals surface area contributed by atoms with Crippen LogP contribution in [0, 0.1) is 0 Å². The van der Waals surface area contributed by atoms with Crippen LogP contribution in [-0.4, -0.2) is 70.1 Å². The molecule has 12 bridgehead atoms. The second-order valence-electron chi connectivity index (χ2n) is 31.2. The first-order valence-electron chi connectivity index (χ1n) is 36.4. The summed E-state index contributed by atoms with van der Waals surface area (Å²) in [6.45, 7) is 4.96. The van der Waals surface area contributed by atoms with E-state index in [1.165, 1.54) is 27.7 Å². The summed E-state index contributed by atoms with van der Waals surface area (Å²) < 4.78 is 27.5. The number of hydrogen-bond acceptors (Lipinski definition) is 16. The van der Waals surface area contributed by atoms with E-state index in [0.29, 0.717) is 66.8 Å². The maximum atomic E-state index is 17.4. The Morgan fingerprint density at radius 2 is 0.296 bits per heavy atom. The van der Waals surface area contributed by atoms with Crippen molar-refractivity contribution < 1.29 is 76.5 Å². The second kappa shape index (κ2) is 18.9. The molecule has 0 aliphatic heterocycles. The van der Waals surface area contributed by atoms with Gasteiger partial charge in [0, 0.05) is 232 Å². The molecule has 8 aromatic rings. The number of Topliss-reactive ketones (excluding diaryl/α,β-unsaturated/α-hetero) is 8. The van der Waals surface area contributed by atoms with Gasteiger partial charge in [-0.05, 0) is 66.8 Å². The topological polar surface area (TPSA) is 242 Å². The van der Waals surface area contributed by atoms with Crippen molar-refractivity contribution in [2.45, 2.75) is 98.7 Å². The van der Waals surface area contributed by atoms with E-state index < -0.39 is 141 Å². The number of benzene rings is 8. The number of ketones is 8. The van der Waals surface area contributed by atoms with Gasteiger partial charge in [-0.15, -0.1) is 0 Å². The molecule has 108 heavy (non-hydrogen) atoms. The van der Waals surface area contributed by atoms with Crippen LogP contribution in [0.25, 0.3) is 0 Å². The maximum absolute atomic E-state index is 17.4. The second-order valence-corrected chi connectivity index (χ2v) is 31.2. The highest BCUT2D eigenvalue weighted by molar-refractivity contribution is 6.40. The monoisotopic (exact) mass is 1410 g/mol. The van der Waals surface area contributed by atoms with Gasteiger partial charge in [-0.25, -0.2) is 0 Å². The zero-order chi connectivity index (χ0) is 72.7. The Balaban J connectivity index is 0.847. The van der Waals surface area contributed by atoms with Gasteiger partial charge in [0.2, 0.25) is 0 Å². The molecular formula is C92H48O16. The molecule has 16 nitrogen and oxygen atoms in total.